The summed E-state index contributed by atoms with van der Waals surface area (Å²) in [6.45, 7) is 3.53. The van der Waals surface area contributed by atoms with E-state index in [2.05, 4.69) is 10.1 Å². The quantitative estimate of drug-likeness (QED) is 0.629. The summed E-state index contributed by atoms with van der Waals surface area (Å²) in [7, 11) is 0. The van der Waals surface area contributed by atoms with Crippen LogP contribution in [0.2, 0.25) is 5.02 Å². The molecule has 5 nitrogen and oxygen atoms in total. The maximum Gasteiger partial charge on any atom is 0.188 e. The smallest absolute Gasteiger partial charge is 0.188 e. The van der Waals surface area contributed by atoms with Crippen LogP contribution in [-0.2, 0) is 4.79 Å². The van der Waals surface area contributed by atoms with Gasteiger partial charge < -0.3 is 0 Å². The number of Topliss-reactive ketones (excluding diaryl/α,β-unsaturated/α-hetero) is 1. The van der Waals surface area contributed by atoms with Crippen molar-refractivity contribution in [1.82, 2.24) is 14.8 Å². The second-order valence-corrected chi connectivity index (χ2v) is 5.20. The van der Waals surface area contributed by atoms with Crippen LogP contribution in [0.3, 0.4) is 0 Å². The minimum absolute atomic E-state index is 0.178. The van der Waals surface area contributed by atoms with E-state index in [0.717, 1.165) is 0 Å². The van der Waals surface area contributed by atoms with E-state index in [9.17, 15) is 9.59 Å². The predicted octanol–water partition coefficient (Wildman–Crippen LogP) is 2.88. The van der Waals surface area contributed by atoms with Crippen LogP contribution in [0.4, 0.5) is 0 Å². The van der Waals surface area contributed by atoms with Gasteiger partial charge >= 0.3 is 0 Å². The first-order chi connectivity index (χ1) is 9.99. The van der Waals surface area contributed by atoms with Gasteiger partial charge in [0, 0.05) is 22.6 Å². The molecule has 0 bridgehead atoms. The van der Waals surface area contributed by atoms with Gasteiger partial charge in [-0.15, -0.1) is 0 Å². The molecule has 0 aliphatic heterocycles. The largest absolute Gasteiger partial charge is 0.292 e. The van der Waals surface area contributed by atoms with Crippen molar-refractivity contribution in [2.24, 2.45) is 5.92 Å². The Kier molecular flexibility index (Phi) is 4.65. The number of aromatic nitrogens is 3. The third kappa shape index (κ3) is 3.64. The Bertz CT molecular complexity index is 673. The van der Waals surface area contributed by atoms with E-state index >= 15 is 0 Å². The molecule has 21 heavy (non-hydrogen) atoms. The molecule has 2 rings (SSSR count). The highest BCUT2D eigenvalue weighted by molar-refractivity contribution is 6.30. The summed E-state index contributed by atoms with van der Waals surface area (Å²) in [4.78, 5) is 28.3. The van der Waals surface area contributed by atoms with Crippen LogP contribution in [0.5, 0.6) is 0 Å². The number of halogens is 1. The molecule has 0 atom stereocenters. The molecule has 1 aromatic heterocycles. The molecule has 1 aromatic carbocycles. The topological polar surface area (TPSA) is 64.8 Å². The molecular formula is C15H14ClN3O2. The summed E-state index contributed by atoms with van der Waals surface area (Å²) >= 11 is 5.79. The van der Waals surface area contributed by atoms with Crippen molar-refractivity contribution in [3.8, 4) is 0 Å². The van der Waals surface area contributed by atoms with Gasteiger partial charge in [0.05, 0.1) is 0 Å². The second-order valence-electron chi connectivity index (χ2n) is 4.76. The summed E-state index contributed by atoms with van der Waals surface area (Å²) in [5.41, 5.74) is 0.649. The first kappa shape index (κ1) is 15.1. The van der Waals surface area contributed by atoms with E-state index < -0.39 is 0 Å². The lowest BCUT2D eigenvalue weighted by Crippen LogP contribution is -2.16. The molecule has 0 spiro atoms. The average molecular weight is 304 g/mol. The fourth-order valence-corrected chi connectivity index (χ4v) is 1.83. The normalized spacial score (nSPS) is 11.7. The first-order valence-electron chi connectivity index (χ1n) is 6.40. The van der Waals surface area contributed by atoms with Crippen LogP contribution in [0.25, 0.3) is 5.70 Å². The highest BCUT2D eigenvalue weighted by atomic mass is 35.5. The van der Waals surface area contributed by atoms with Gasteiger partial charge in [-0.25, -0.2) is 9.67 Å². The average Bonchev–Trinajstić information content (AvgIpc) is 2.98. The van der Waals surface area contributed by atoms with Crippen molar-refractivity contribution >= 4 is 28.9 Å². The molecule has 0 amide bonds. The molecule has 0 saturated carbocycles. The van der Waals surface area contributed by atoms with Crippen LogP contribution >= 0.6 is 11.6 Å². The highest BCUT2D eigenvalue weighted by Gasteiger charge is 2.18. The number of hydrogen-bond acceptors (Lipinski definition) is 4. The lowest BCUT2D eigenvalue weighted by atomic mass is 10.0. The molecule has 2 aromatic rings. The number of allylic oxidation sites excluding steroid dienone is 2. The standard InChI is InChI=1S/C15H14ClN3O2/c1-10(2)15(21)13(19-9-17-8-18-19)7-14(20)11-3-5-12(16)6-4-11/h3-10H,1-2H3/b13-7-. The molecule has 0 aliphatic carbocycles. The van der Waals surface area contributed by atoms with Crippen molar-refractivity contribution < 1.29 is 9.59 Å². The number of benzene rings is 1. The van der Waals surface area contributed by atoms with Crippen molar-refractivity contribution in [2.45, 2.75) is 13.8 Å². The third-order valence-corrected chi connectivity index (χ3v) is 3.09. The maximum absolute atomic E-state index is 12.3. The molecule has 0 N–H and O–H groups in total. The number of carbonyl (C=O) groups is 2. The van der Waals surface area contributed by atoms with Crippen LogP contribution < -0.4 is 0 Å². The van der Waals surface area contributed by atoms with Gasteiger partial charge in [0.25, 0.3) is 0 Å². The number of nitrogens with zero attached hydrogens (tertiary/aromatic N) is 3. The molecule has 0 radical (unpaired) electrons. The van der Waals surface area contributed by atoms with Gasteiger partial charge in [-0.3, -0.25) is 9.59 Å². The van der Waals surface area contributed by atoms with E-state index in [1.165, 1.54) is 23.4 Å². The van der Waals surface area contributed by atoms with Crippen molar-refractivity contribution in [2.75, 3.05) is 0 Å². The molecule has 0 saturated heterocycles. The van der Waals surface area contributed by atoms with Crippen LogP contribution in [0, 0.1) is 5.92 Å². The summed E-state index contributed by atoms with van der Waals surface area (Å²) in [6, 6.07) is 6.48. The maximum atomic E-state index is 12.3. The fourth-order valence-electron chi connectivity index (χ4n) is 1.70. The van der Waals surface area contributed by atoms with Gasteiger partial charge in [-0.05, 0) is 24.3 Å². The van der Waals surface area contributed by atoms with Crippen molar-refractivity contribution in [3.63, 3.8) is 0 Å². The van der Waals surface area contributed by atoms with Crippen LogP contribution in [0.1, 0.15) is 24.2 Å². The molecule has 0 unspecified atom stereocenters. The lowest BCUT2D eigenvalue weighted by Gasteiger charge is -2.08. The number of ketones is 2. The zero-order chi connectivity index (χ0) is 15.4. The van der Waals surface area contributed by atoms with Crippen LogP contribution in [0.15, 0.2) is 43.0 Å². The van der Waals surface area contributed by atoms with E-state index in [0.29, 0.717) is 10.6 Å². The summed E-state index contributed by atoms with van der Waals surface area (Å²) < 4.78 is 1.30. The van der Waals surface area contributed by atoms with Gasteiger partial charge in [-0.2, -0.15) is 5.10 Å². The summed E-state index contributed by atoms with van der Waals surface area (Å²) in [5, 5.41) is 4.47. The Labute approximate surface area is 127 Å². The zero-order valence-corrected chi connectivity index (χ0v) is 12.4. The van der Waals surface area contributed by atoms with Crippen LogP contribution in [-0.4, -0.2) is 26.3 Å². The van der Waals surface area contributed by atoms with Gasteiger partial charge in [0.15, 0.2) is 11.6 Å². The predicted molar refractivity (Wildman–Crippen MR) is 79.9 cm³/mol. The fraction of sp³-hybridized carbons (Fsp3) is 0.200. The Hall–Kier alpha value is -2.27. The molecule has 0 fully saturated rings. The second kappa shape index (κ2) is 6.45. The summed E-state index contributed by atoms with van der Waals surface area (Å²) in [6.07, 6.45) is 3.98. The molecule has 1 heterocycles. The van der Waals surface area contributed by atoms with E-state index in [4.69, 9.17) is 11.6 Å². The Morgan fingerprint density at radius 2 is 1.90 bits per heavy atom. The minimum atomic E-state index is -0.286. The molecule has 108 valence electrons. The Morgan fingerprint density at radius 1 is 1.24 bits per heavy atom. The summed E-state index contributed by atoms with van der Waals surface area (Å²) in [5.74, 6) is -0.715. The van der Waals surface area contributed by atoms with Crippen molar-refractivity contribution in [1.29, 1.82) is 0 Å². The number of rotatable bonds is 5. The van der Waals surface area contributed by atoms with Gasteiger partial charge in [0.2, 0.25) is 0 Å². The Balaban J connectivity index is 2.38. The zero-order valence-electron chi connectivity index (χ0n) is 11.7. The third-order valence-electron chi connectivity index (χ3n) is 2.84. The van der Waals surface area contributed by atoms with Gasteiger partial charge in [-0.1, -0.05) is 25.4 Å². The molecular weight excluding hydrogens is 290 g/mol. The highest BCUT2D eigenvalue weighted by Crippen LogP contribution is 2.15. The van der Waals surface area contributed by atoms with E-state index in [1.807, 2.05) is 0 Å². The first-order valence-corrected chi connectivity index (χ1v) is 6.77. The van der Waals surface area contributed by atoms with Gasteiger partial charge in [0.1, 0.15) is 18.4 Å². The van der Waals surface area contributed by atoms with E-state index in [-0.39, 0.29) is 23.2 Å². The molecule has 6 heteroatoms. The Morgan fingerprint density at radius 3 is 2.43 bits per heavy atom. The number of carbonyl (C=O) groups excluding carboxylic acids is 2. The number of hydrogen-bond donors (Lipinski definition) is 0. The lowest BCUT2D eigenvalue weighted by molar-refractivity contribution is -0.116. The monoisotopic (exact) mass is 303 g/mol. The van der Waals surface area contributed by atoms with E-state index in [1.54, 1.807) is 38.1 Å². The molecule has 0 aliphatic rings. The minimum Gasteiger partial charge on any atom is -0.292 e. The SMILES string of the molecule is CC(C)C(=O)/C(=C/C(=O)c1ccc(Cl)cc1)n1cncn1. The van der Waals surface area contributed by atoms with Crippen molar-refractivity contribution in [3.05, 3.63) is 53.6 Å².